The molecule has 0 saturated heterocycles. The molecule has 0 radical (unpaired) electrons. The van der Waals surface area contributed by atoms with Gasteiger partial charge in [0.05, 0.1) is 40.7 Å². The fourth-order valence-electron chi connectivity index (χ4n) is 5.80. The molecular weight excluding hydrogens is 805 g/mol. The van der Waals surface area contributed by atoms with E-state index in [0.717, 1.165) is 11.1 Å². The van der Waals surface area contributed by atoms with Crippen molar-refractivity contribution in [3.05, 3.63) is 182 Å². The molecule has 0 aliphatic rings. The summed E-state index contributed by atoms with van der Waals surface area (Å²) in [4.78, 5) is 11.7. The molecule has 0 aliphatic heterocycles. The van der Waals surface area contributed by atoms with E-state index in [0.29, 0.717) is 45.3 Å². The summed E-state index contributed by atoms with van der Waals surface area (Å²) in [6.45, 7) is 10.1. The van der Waals surface area contributed by atoms with Crippen LogP contribution in [0.1, 0.15) is 74.3 Å². The lowest BCUT2D eigenvalue weighted by molar-refractivity contribution is 0.139. The number of nitrogens with one attached hydrogen (secondary N) is 2. The fraction of sp³-hybridized carbons (Fsp3) is 0.174. The van der Waals surface area contributed by atoms with Crippen molar-refractivity contribution in [2.45, 2.75) is 53.1 Å². The van der Waals surface area contributed by atoms with Crippen molar-refractivity contribution in [3.63, 3.8) is 0 Å². The van der Waals surface area contributed by atoms with Gasteiger partial charge < -0.3 is 30.4 Å². The van der Waals surface area contributed by atoms with Gasteiger partial charge in [-0.1, -0.05) is 48.5 Å². The Labute approximate surface area is 355 Å². The van der Waals surface area contributed by atoms with Gasteiger partial charge in [0.1, 0.15) is 61.1 Å². The Morgan fingerprint density at radius 3 is 1.39 bits per heavy atom. The van der Waals surface area contributed by atoms with Crippen molar-refractivity contribution in [1.82, 2.24) is 9.97 Å². The first-order valence-corrected chi connectivity index (χ1v) is 18.7. The maximum Gasteiger partial charge on any atom is 0.267 e. The molecule has 0 fully saturated rings. The summed E-state index contributed by atoms with van der Waals surface area (Å²) in [6.07, 6.45) is -2.84. The zero-order valence-electron chi connectivity index (χ0n) is 33.5. The number of halogens is 4. The molecule has 0 atom stereocenters. The van der Waals surface area contributed by atoms with Crippen molar-refractivity contribution < 1.29 is 36.5 Å². The number of alkyl halides is 4. The molecule has 62 heavy (non-hydrogen) atoms. The van der Waals surface area contributed by atoms with Gasteiger partial charge in [-0.25, -0.2) is 22.4 Å². The largest absolute Gasteiger partial charge is 0.489 e. The van der Waals surface area contributed by atoms with Crippen LogP contribution in [0, 0.1) is 42.6 Å². The first-order chi connectivity index (χ1) is 29.8. The van der Waals surface area contributed by atoms with E-state index in [2.05, 4.69) is 14.8 Å². The van der Waals surface area contributed by atoms with Crippen LogP contribution in [0.2, 0.25) is 0 Å². The lowest BCUT2D eigenvalue weighted by atomic mass is 10.1. The predicted molar refractivity (Wildman–Crippen MR) is 224 cm³/mol. The maximum atomic E-state index is 14.0. The van der Waals surface area contributed by atoms with Crippen LogP contribution in [-0.4, -0.2) is 21.6 Å². The van der Waals surface area contributed by atoms with Gasteiger partial charge >= 0.3 is 0 Å². The van der Waals surface area contributed by atoms with Gasteiger partial charge in [-0.05, 0) is 73.5 Å². The Balaban J connectivity index is 0.000000235. The van der Waals surface area contributed by atoms with Crippen molar-refractivity contribution in [3.8, 4) is 29.1 Å². The highest BCUT2D eigenvalue weighted by Crippen LogP contribution is 2.37. The predicted octanol–water partition coefficient (Wildman–Crippen LogP) is 9.96. The summed E-state index contributed by atoms with van der Waals surface area (Å²) in [7, 11) is 0. The quantitative estimate of drug-likeness (QED) is 0.0318. The number of nitriles is 1. The first kappa shape index (κ1) is 45.1. The molecule has 2 heterocycles. The average Bonchev–Trinajstić information content (AvgIpc) is 3.27. The minimum absolute atomic E-state index is 0.0173. The molecule has 16 heteroatoms. The third kappa shape index (κ3) is 12.0. The van der Waals surface area contributed by atoms with Crippen LogP contribution >= 0.6 is 0 Å². The van der Waals surface area contributed by atoms with E-state index < -0.39 is 12.9 Å². The van der Waals surface area contributed by atoms with Crippen molar-refractivity contribution in [1.29, 1.82) is 16.1 Å². The number of nitrogen functional groups attached to an aromatic ring is 2. The van der Waals surface area contributed by atoms with E-state index in [1.165, 1.54) is 12.4 Å². The van der Waals surface area contributed by atoms with Crippen LogP contribution in [0.5, 0.6) is 23.0 Å². The summed E-state index contributed by atoms with van der Waals surface area (Å²) in [5.74, 6) is 0.822. The number of pyridine rings is 2. The zero-order valence-corrected chi connectivity index (χ0v) is 33.5. The number of hydrogen-bond donors (Lipinski definition) is 4. The molecule has 0 aliphatic carbocycles. The minimum Gasteiger partial charge on any atom is -0.489 e. The van der Waals surface area contributed by atoms with Crippen LogP contribution in [-0.2, 0) is 26.4 Å². The molecule has 0 bridgehead atoms. The standard InChI is InChI=1S/C23H23F2N5O2.C23H17F2N3O2/c1-13-20(32-11-14-2-4-15(5-3-14)22(26)27)19(21(24)25)17(10-30-13)12-31-18-8-6-16(7-9-18)23(28)29;1-15-22(30-13-17-3-7-19(27-2)8-4-17)21(23(24)25)18(12-28-15)14-29-20-9-5-16(11-26)6-10-20/h2-10,21H,11-12H2,1H3,(H3,26,27)(H3,28,29);3-10,12,23H,13-14H2,1H3. The van der Waals surface area contributed by atoms with Crippen LogP contribution in [0.3, 0.4) is 0 Å². The molecule has 12 nitrogen and oxygen atoms in total. The summed E-state index contributed by atoms with van der Waals surface area (Å²) in [5.41, 5.74) is 15.0. The third-order valence-corrected chi connectivity index (χ3v) is 9.14. The number of amidine groups is 2. The molecule has 6 N–H and O–H groups in total. The SMILES string of the molecule is Cc1ncc(COc2ccc(C(=N)N)cc2)c(C(F)F)c1OCc1ccc(C(=N)N)cc1.[C-]#[N+]c1ccc(COc2c(C)ncc(COc3ccc(C#N)cc3)c2C(F)F)cc1. The van der Waals surface area contributed by atoms with Gasteiger partial charge in [0.25, 0.3) is 12.9 Å². The molecule has 0 amide bonds. The van der Waals surface area contributed by atoms with Gasteiger partial charge in [0.2, 0.25) is 0 Å². The highest BCUT2D eigenvalue weighted by molar-refractivity contribution is 5.95. The van der Waals surface area contributed by atoms with Crippen LogP contribution in [0.15, 0.2) is 109 Å². The van der Waals surface area contributed by atoms with Gasteiger partial charge in [-0.3, -0.25) is 20.8 Å². The zero-order chi connectivity index (χ0) is 44.8. The average molecular weight is 845 g/mol. The smallest absolute Gasteiger partial charge is 0.267 e. The number of ether oxygens (including phenoxy) is 4. The van der Waals surface area contributed by atoms with Crippen molar-refractivity contribution in [2.24, 2.45) is 11.5 Å². The topological polar surface area (TPSA) is 191 Å². The number of aromatic nitrogens is 2. The lowest BCUT2D eigenvalue weighted by Crippen LogP contribution is -2.11. The molecular formula is C46H40F4N8O4. The minimum atomic E-state index is -2.79. The van der Waals surface area contributed by atoms with Crippen LogP contribution in [0.4, 0.5) is 23.2 Å². The highest BCUT2D eigenvalue weighted by atomic mass is 19.3. The Bertz CT molecular complexity index is 2580. The molecule has 0 spiro atoms. The molecule has 2 aromatic heterocycles. The van der Waals surface area contributed by atoms with E-state index in [-0.39, 0.29) is 71.9 Å². The summed E-state index contributed by atoms with van der Waals surface area (Å²) >= 11 is 0. The number of nitrogens with two attached hydrogens (primary N) is 2. The van der Waals surface area contributed by atoms with E-state index >= 15 is 0 Å². The second-order valence-electron chi connectivity index (χ2n) is 13.4. The van der Waals surface area contributed by atoms with Gasteiger partial charge in [0, 0.05) is 34.6 Å². The lowest BCUT2D eigenvalue weighted by Gasteiger charge is -2.17. The molecule has 4 aromatic carbocycles. The second kappa shape index (κ2) is 21.3. The van der Waals surface area contributed by atoms with Gasteiger partial charge in [-0.15, -0.1) is 0 Å². The number of rotatable bonds is 16. The summed E-state index contributed by atoms with van der Waals surface area (Å²) in [6, 6.07) is 28.4. The number of benzene rings is 4. The van der Waals surface area contributed by atoms with Gasteiger partial charge in [0.15, 0.2) is 5.69 Å². The third-order valence-electron chi connectivity index (χ3n) is 9.14. The van der Waals surface area contributed by atoms with Crippen LogP contribution in [0.25, 0.3) is 4.85 Å². The molecule has 6 aromatic rings. The van der Waals surface area contributed by atoms with Crippen molar-refractivity contribution >= 4 is 17.4 Å². The second-order valence-corrected chi connectivity index (χ2v) is 13.4. The Kier molecular flexibility index (Phi) is 15.5. The fourth-order valence-corrected chi connectivity index (χ4v) is 5.80. The first-order valence-electron chi connectivity index (χ1n) is 18.7. The summed E-state index contributed by atoms with van der Waals surface area (Å²) in [5, 5.41) is 23.7. The number of hydrogen-bond acceptors (Lipinski definition) is 9. The Morgan fingerprint density at radius 2 is 1.02 bits per heavy atom. The molecule has 6 rings (SSSR count). The Hall–Kier alpha value is -7.98. The van der Waals surface area contributed by atoms with E-state index in [1.807, 2.05) is 6.07 Å². The van der Waals surface area contributed by atoms with Crippen molar-refractivity contribution in [2.75, 3.05) is 0 Å². The highest BCUT2D eigenvalue weighted by Gasteiger charge is 2.24. The van der Waals surface area contributed by atoms with Crippen LogP contribution < -0.4 is 30.4 Å². The number of nitrogens with zero attached hydrogens (tertiary/aromatic N) is 4. The van der Waals surface area contributed by atoms with E-state index in [9.17, 15) is 17.6 Å². The molecule has 0 unspecified atom stereocenters. The maximum absolute atomic E-state index is 14.0. The number of aryl methyl sites for hydroxylation is 2. The molecule has 0 saturated carbocycles. The Morgan fingerprint density at radius 1 is 0.629 bits per heavy atom. The monoisotopic (exact) mass is 844 g/mol. The molecule has 316 valence electrons. The normalized spacial score (nSPS) is 10.5. The summed E-state index contributed by atoms with van der Waals surface area (Å²) < 4.78 is 78.4. The van der Waals surface area contributed by atoms with E-state index in [1.54, 1.807) is 111 Å². The van der Waals surface area contributed by atoms with Gasteiger partial charge in [-0.2, -0.15) is 5.26 Å². The van der Waals surface area contributed by atoms with E-state index in [4.69, 9.17) is 53.1 Å².